The standard InChI is InChI=1S/C23H32FN5O5/c1-28(14-16-6-5-7-16)23(32)33-15-20-22(26-27-29(20)2)19-11-10-18(13-25-19)34-17(12-24)8-3-4-9-21(30)31/h10-11,13,16-17H,3-9,12,14-15H2,1-2H3,(H,30,31)/t17-/m0/s1. The fourth-order valence-corrected chi connectivity index (χ4v) is 3.71. The van der Waals surface area contributed by atoms with Crippen LogP contribution in [0.3, 0.4) is 0 Å². The molecule has 0 saturated heterocycles. The van der Waals surface area contributed by atoms with Crippen LogP contribution in [0, 0.1) is 5.92 Å². The molecule has 1 N–H and O–H groups in total. The lowest BCUT2D eigenvalue weighted by molar-refractivity contribution is -0.137. The lowest BCUT2D eigenvalue weighted by Crippen LogP contribution is -2.34. The summed E-state index contributed by atoms with van der Waals surface area (Å²) in [4.78, 5) is 28.9. The molecule has 1 aliphatic carbocycles. The smallest absolute Gasteiger partial charge is 0.409 e. The van der Waals surface area contributed by atoms with E-state index < -0.39 is 24.8 Å². The van der Waals surface area contributed by atoms with Gasteiger partial charge in [-0.1, -0.05) is 11.6 Å². The van der Waals surface area contributed by atoms with Crippen molar-refractivity contribution in [3.05, 3.63) is 24.0 Å². The van der Waals surface area contributed by atoms with E-state index in [-0.39, 0.29) is 13.0 Å². The summed E-state index contributed by atoms with van der Waals surface area (Å²) >= 11 is 0. The summed E-state index contributed by atoms with van der Waals surface area (Å²) in [6.07, 6.45) is 5.45. The van der Waals surface area contributed by atoms with Crippen LogP contribution in [-0.2, 0) is 23.2 Å². The number of halogens is 1. The van der Waals surface area contributed by atoms with Gasteiger partial charge in [0, 0.05) is 27.1 Å². The second-order valence-electron chi connectivity index (χ2n) is 8.65. The summed E-state index contributed by atoms with van der Waals surface area (Å²) in [5, 5.41) is 16.9. The summed E-state index contributed by atoms with van der Waals surface area (Å²) in [5.41, 5.74) is 1.61. The molecule has 0 bridgehead atoms. The Morgan fingerprint density at radius 3 is 2.74 bits per heavy atom. The summed E-state index contributed by atoms with van der Waals surface area (Å²) < 4.78 is 26.0. The van der Waals surface area contributed by atoms with Crippen LogP contribution in [-0.4, -0.2) is 68.4 Å². The third-order valence-corrected chi connectivity index (χ3v) is 5.96. The van der Waals surface area contributed by atoms with Crippen molar-refractivity contribution in [3.8, 4) is 17.1 Å². The normalized spacial score (nSPS) is 14.3. The molecular weight excluding hydrogens is 445 g/mol. The number of rotatable bonds is 13. The molecule has 0 unspecified atom stereocenters. The van der Waals surface area contributed by atoms with Gasteiger partial charge in [0.25, 0.3) is 0 Å². The Bertz CT molecular complexity index is 948. The number of unbranched alkanes of at least 4 members (excludes halogenated alkanes) is 1. The molecule has 2 heterocycles. The number of nitrogens with zero attached hydrogens (tertiary/aromatic N) is 5. The molecule has 0 aliphatic heterocycles. The number of carboxylic acid groups (broad SMARTS) is 1. The molecule has 1 aliphatic rings. The Labute approximate surface area is 198 Å². The molecule has 1 atom stereocenters. The molecule has 1 fully saturated rings. The number of ether oxygens (including phenoxy) is 2. The third kappa shape index (κ3) is 7.13. The summed E-state index contributed by atoms with van der Waals surface area (Å²) in [7, 11) is 3.45. The second kappa shape index (κ2) is 12.3. The molecule has 2 aromatic rings. The number of aliphatic carboxylic acids is 1. The van der Waals surface area contributed by atoms with Crippen LogP contribution in [0.25, 0.3) is 11.4 Å². The van der Waals surface area contributed by atoms with Gasteiger partial charge in [-0.25, -0.2) is 13.9 Å². The van der Waals surface area contributed by atoms with Crippen LogP contribution >= 0.6 is 0 Å². The molecule has 11 heteroatoms. The summed E-state index contributed by atoms with van der Waals surface area (Å²) in [5.74, 6) is 0.0913. The zero-order valence-corrected chi connectivity index (χ0v) is 19.7. The van der Waals surface area contributed by atoms with Crippen LogP contribution in [0.15, 0.2) is 18.3 Å². The van der Waals surface area contributed by atoms with E-state index in [1.807, 2.05) is 0 Å². The van der Waals surface area contributed by atoms with Gasteiger partial charge in [-0.2, -0.15) is 0 Å². The van der Waals surface area contributed by atoms with Crippen molar-refractivity contribution in [2.75, 3.05) is 20.3 Å². The van der Waals surface area contributed by atoms with Crippen molar-refractivity contribution in [3.63, 3.8) is 0 Å². The van der Waals surface area contributed by atoms with E-state index in [0.717, 1.165) is 12.8 Å². The highest BCUT2D eigenvalue weighted by Gasteiger charge is 2.23. The quantitative estimate of drug-likeness (QED) is 0.435. The van der Waals surface area contributed by atoms with E-state index >= 15 is 0 Å². The van der Waals surface area contributed by atoms with Crippen molar-refractivity contribution in [2.45, 2.75) is 57.7 Å². The highest BCUT2D eigenvalue weighted by molar-refractivity contribution is 5.67. The highest BCUT2D eigenvalue weighted by Crippen LogP contribution is 2.27. The molecule has 1 amide bonds. The van der Waals surface area contributed by atoms with Gasteiger partial charge in [-0.05, 0) is 50.2 Å². The van der Waals surface area contributed by atoms with Gasteiger partial charge in [0.05, 0.1) is 11.9 Å². The van der Waals surface area contributed by atoms with E-state index in [2.05, 4.69) is 15.3 Å². The molecule has 0 radical (unpaired) electrons. The number of hydrogen-bond acceptors (Lipinski definition) is 7. The SMILES string of the molecule is CN(CC1CCC1)C(=O)OCc1c(-c2ccc(O[C@H](CF)CCCCC(=O)O)cn2)nnn1C. The Kier molecular flexibility index (Phi) is 9.17. The predicted octanol–water partition coefficient (Wildman–Crippen LogP) is 3.61. The van der Waals surface area contributed by atoms with Gasteiger partial charge in [0.1, 0.15) is 36.5 Å². The molecule has 0 spiro atoms. The van der Waals surface area contributed by atoms with Crippen LogP contribution in [0.2, 0.25) is 0 Å². The number of aryl methyl sites for hydroxylation is 1. The van der Waals surface area contributed by atoms with Gasteiger partial charge in [0.15, 0.2) is 0 Å². The average Bonchev–Trinajstić information content (AvgIpc) is 3.16. The number of aromatic nitrogens is 4. The largest absolute Gasteiger partial charge is 0.486 e. The first kappa shape index (κ1) is 25.4. The van der Waals surface area contributed by atoms with Crippen molar-refractivity contribution < 1.29 is 28.6 Å². The van der Waals surface area contributed by atoms with E-state index in [1.165, 1.54) is 17.3 Å². The first-order valence-electron chi connectivity index (χ1n) is 11.5. The number of carbonyl (C=O) groups excluding carboxylic acids is 1. The van der Waals surface area contributed by atoms with E-state index in [9.17, 15) is 14.0 Å². The van der Waals surface area contributed by atoms with Gasteiger partial charge in [-0.15, -0.1) is 5.10 Å². The maximum atomic E-state index is 13.3. The minimum absolute atomic E-state index is 0.00682. The van der Waals surface area contributed by atoms with Crippen molar-refractivity contribution in [2.24, 2.45) is 13.0 Å². The number of hydrogen-bond donors (Lipinski definition) is 1. The number of alkyl halides is 1. The first-order valence-corrected chi connectivity index (χ1v) is 11.5. The molecular formula is C23H32FN5O5. The molecule has 0 aromatic carbocycles. The van der Waals surface area contributed by atoms with Crippen molar-refractivity contribution in [1.82, 2.24) is 24.9 Å². The fraction of sp³-hybridized carbons (Fsp3) is 0.609. The molecule has 10 nitrogen and oxygen atoms in total. The lowest BCUT2D eigenvalue weighted by atomic mass is 9.85. The summed E-state index contributed by atoms with van der Waals surface area (Å²) in [6, 6.07) is 3.35. The highest BCUT2D eigenvalue weighted by atomic mass is 19.1. The zero-order chi connectivity index (χ0) is 24.5. The fourth-order valence-electron chi connectivity index (χ4n) is 3.71. The monoisotopic (exact) mass is 477 g/mol. The molecule has 3 rings (SSSR count). The molecule has 34 heavy (non-hydrogen) atoms. The molecule has 186 valence electrons. The van der Waals surface area contributed by atoms with E-state index in [1.54, 1.807) is 31.1 Å². The van der Waals surface area contributed by atoms with Gasteiger partial charge in [0.2, 0.25) is 0 Å². The minimum Gasteiger partial charge on any atom is -0.486 e. The van der Waals surface area contributed by atoms with Gasteiger partial charge >= 0.3 is 12.1 Å². The topological polar surface area (TPSA) is 120 Å². The summed E-state index contributed by atoms with van der Waals surface area (Å²) in [6.45, 7) is 0.0222. The third-order valence-electron chi connectivity index (χ3n) is 5.96. The Morgan fingerprint density at radius 2 is 2.12 bits per heavy atom. The van der Waals surface area contributed by atoms with Crippen LogP contribution in [0.4, 0.5) is 9.18 Å². The minimum atomic E-state index is -0.865. The lowest BCUT2D eigenvalue weighted by Gasteiger charge is -2.29. The Balaban J connectivity index is 1.55. The molecule has 2 aromatic heterocycles. The van der Waals surface area contributed by atoms with E-state index in [0.29, 0.717) is 54.6 Å². The maximum Gasteiger partial charge on any atom is 0.409 e. The molecule has 1 saturated carbocycles. The van der Waals surface area contributed by atoms with Gasteiger partial charge < -0.3 is 19.5 Å². The van der Waals surface area contributed by atoms with Crippen molar-refractivity contribution >= 4 is 12.1 Å². The second-order valence-corrected chi connectivity index (χ2v) is 8.65. The van der Waals surface area contributed by atoms with Crippen molar-refractivity contribution in [1.29, 1.82) is 0 Å². The number of carbonyl (C=O) groups is 2. The maximum absolute atomic E-state index is 13.3. The number of amides is 1. The van der Waals surface area contributed by atoms with Crippen LogP contribution < -0.4 is 4.74 Å². The predicted molar refractivity (Wildman–Crippen MR) is 121 cm³/mol. The zero-order valence-electron chi connectivity index (χ0n) is 19.7. The first-order chi connectivity index (χ1) is 16.4. The van der Waals surface area contributed by atoms with Gasteiger partial charge in [-0.3, -0.25) is 9.78 Å². The number of pyridine rings is 1. The van der Waals surface area contributed by atoms with Crippen LogP contribution in [0.5, 0.6) is 5.75 Å². The Hall–Kier alpha value is -3.24. The van der Waals surface area contributed by atoms with E-state index in [4.69, 9.17) is 14.6 Å². The Morgan fingerprint density at radius 1 is 1.32 bits per heavy atom. The number of carboxylic acids is 1. The van der Waals surface area contributed by atoms with Crippen LogP contribution in [0.1, 0.15) is 50.6 Å². The average molecular weight is 478 g/mol.